The molecule has 2 aromatic rings. The van der Waals surface area contributed by atoms with Gasteiger partial charge >= 0.3 is 0 Å². The summed E-state index contributed by atoms with van der Waals surface area (Å²) in [5.41, 5.74) is 0. The zero-order valence-corrected chi connectivity index (χ0v) is 9.53. The zero-order chi connectivity index (χ0) is 11.5. The van der Waals surface area contributed by atoms with Crippen molar-refractivity contribution in [3.8, 4) is 0 Å². The Labute approximate surface area is 100 Å². The molecule has 1 aromatic carbocycles. The standard InChI is InChI=1S/C11H6ClF2NS/c12-11-6-8(3-4-15-11)16-7-1-2-9(13)10(14)5-7/h1-6H. The van der Waals surface area contributed by atoms with E-state index in [4.69, 9.17) is 11.6 Å². The zero-order valence-electron chi connectivity index (χ0n) is 7.95. The molecule has 0 aliphatic rings. The van der Waals surface area contributed by atoms with E-state index >= 15 is 0 Å². The number of hydrogen-bond donors (Lipinski definition) is 0. The predicted octanol–water partition coefficient (Wildman–Crippen LogP) is 4.16. The van der Waals surface area contributed by atoms with Crippen LogP contribution in [0.5, 0.6) is 0 Å². The number of benzene rings is 1. The van der Waals surface area contributed by atoms with Gasteiger partial charge in [-0.1, -0.05) is 23.4 Å². The molecule has 1 nitrogen and oxygen atoms in total. The maximum Gasteiger partial charge on any atom is 0.159 e. The second kappa shape index (κ2) is 4.80. The lowest BCUT2D eigenvalue weighted by Crippen LogP contribution is -1.83. The van der Waals surface area contributed by atoms with Gasteiger partial charge < -0.3 is 0 Å². The Morgan fingerprint density at radius 3 is 2.44 bits per heavy atom. The van der Waals surface area contributed by atoms with Crippen molar-refractivity contribution in [1.29, 1.82) is 0 Å². The van der Waals surface area contributed by atoms with Crippen LogP contribution in [-0.2, 0) is 0 Å². The number of halogens is 3. The van der Waals surface area contributed by atoms with Crippen LogP contribution in [-0.4, -0.2) is 4.98 Å². The fraction of sp³-hybridized carbons (Fsp3) is 0. The topological polar surface area (TPSA) is 12.9 Å². The summed E-state index contributed by atoms with van der Waals surface area (Å²) >= 11 is 7.00. The van der Waals surface area contributed by atoms with Crippen molar-refractivity contribution in [1.82, 2.24) is 4.98 Å². The molecule has 0 atom stereocenters. The first-order valence-corrected chi connectivity index (χ1v) is 5.59. The van der Waals surface area contributed by atoms with Crippen molar-refractivity contribution < 1.29 is 8.78 Å². The summed E-state index contributed by atoms with van der Waals surface area (Å²) in [4.78, 5) is 5.27. The van der Waals surface area contributed by atoms with Crippen LogP contribution >= 0.6 is 23.4 Å². The van der Waals surface area contributed by atoms with Gasteiger partial charge in [-0.15, -0.1) is 0 Å². The van der Waals surface area contributed by atoms with Crippen LogP contribution in [0, 0.1) is 11.6 Å². The summed E-state index contributed by atoms with van der Waals surface area (Å²) in [5.74, 6) is -1.71. The second-order valence-electron chi connectivity index (χ2n) is 2.99. The van der Waals surface area contributed by atoms with E-state index in [0.717, 1.165) is 17.0 Å². The number of nitrogens with zero attached hydrogens (tertiary/aromatic N) is 1. The average Bonchev–Trinajstić information content (AvgIpc) is 2.24. The molecule has 5 heteroatoms. The van der Waals surface area contributed by atoms with Gasteiger partial charge in [0.2, 0.25) is 0 Å². The fourth-order valence-corrected chi connectivity index (χ4v) is 2.23. The molecule has 1 aromatic heterocycles. The summed E-state index contributed by atoms with van der Waals surface area (Å²) in [6, 6.07) is 7.16. The molecule has 1 heterocycles. The van der Waals surface area contributed by atoms with Crippen molar-refractivity contribution >= 4 is 23.4 Å². The minimum absolute atomic E-state index is 0.368. The molecule has 0 N–H and O–H groups in total. The summed E-state index contributed by atoms with van der Waals surface area (Å²) < 4.78 is 25.6. The van der Waals surface area contributed by atoms with Crippen LogP contribution in [0.2, 0.25) is 5.15 Å². The molecule has 82 valence electrons. The molecule has 0 aliphatic heterocycles. The third-order valence-corrected chi connectivity index (χ3v) is 3.01. The Morgan fingerprint density at radius 2 is 1.75 bits per heavy atom. The predicted molar refractivity (Wildman–Crippen MR) is 59.7 cm³/mol. The molecule has 0 radical (unpaired) electrons. The molecule has 2 rings (SSSR count). The lowest BCUT2D eigenvalue weighted by molar-refractivity contribution is 0.506. The normalized spacial score (nSPS) is 10.4. The van der Waals surface area contributed by atoms with E-state index in [1.165, 1.54) is 17.8 Å². The van der Waals surface area contributed by atoms with Gasteiger partial charge in [0.15, 0.2) is 11.6 Å². The molecule has 0 fully saturated rings. The number of aromatic nitrogens is 1. The van der Waals surface area contributed by atoms with E-state index in [0.29, 0.717) is 10.0 Å². The fourth-order valence-electron chi connectivity index (χ4n) is 1.12. The highest BCUT2D eigenvalue weighted by atomic mass is 35.5. The highest BCUT2D eigenvalue weighted by Gasteiger charge is 2.04. The van der Waals surface area contributed by atoms with Crippen LogP contribution in [0.25, 0.3) is 0 Å². The third-order valence-electron chi connectivity index (χ3n) is 1.82. The number of hydrogen-bond acceptors (Lipinski definition) is 2. The van der Waals surface area contributed by atoms with Crippen molar-refractivity contribution in [3.05, 3.63) is 53.3 Å². The quantitative estimate of drug-likeness (QED) is 0.749. The van der Waals surface area contributed by atoms with E-state index in [2.05, 4.69) is 4.98 Å². The smallest absolute Gasteiger partial charge is 0.159 e. The Morgan fingerprint density at radius 1 is 1.00 bits per heavy atom. The van der Waals surface area contributed by atoms with E-state index < -0.39 is 11.6 Å². The van der Waals surface area contributed by atoms with Crippen LogP contribution in [0.15, 0.2) is 46.3 Å². The van der Waals surface area contributed by atoms with E-state index in [-0.39, 0.29) is 0 Å². The minimum atomic E-state index is -0.856. The lowest BCUT2D eigenvalue weighted by Gasteiger charge is -2.02. The summed E-state index contributed by atoms with van der Waals surface area (Å²) in [6.45, 7) is 0. The molecule has 0 saturated heterocycles. The highest BCUT2D eigenvalue weighted by Crippen LogP contribution is 2.29. The van der Waals surface area contributed by atoms with Crippen LogP contribution in [0.4, 0.5) is 8.78 Å². The van der Waals surface area contributed by atoms with Gasteiger partial charge in [0, 0.05) is 16.0 Å². The molecule has 0 saturated carbocycles. The molecule has 0 aliphatic carbocycles. The van der Waals surface area contributed by atoms with E-state index in [1.54, 1.807) is 18.3 Å². The average molecular weight is 258 g/mol. The van der Waals surface area contributed by atoms with Gasteiger partial charge in [-0.25, -0.2) is 13.8 Å². The Hall–Kier alpha value is -1.13. The Bertz CT molecular complexity index is 519. The monoisotopic (exact) mass is 257 g/mol. The first-order valence-electron chi connectivity index (χ1n) is 4.39. The SMILES string of the molecule is Fc1ccc(Sc2ccnc(Cl)c2)cc1F. The molecule has 0 amide bonds. The second-order valence-corrected chi connectivity index (χ2v) is 4.53. The minimum Gasteiger partial charge on any atom is -0.244 e. The molecule has 16 heavy (non-hydrogen) atoms. The largest absolute Gasteiger partial charge is 0.244 e. The summed E-state index contributed by atoms with van der Waals surface area (Å²) in [5, 5.41) is 0.368. The molecule has 0 spiro atoms. The molecule has 0 bridgehead atoms. The van der Waals surface area contributed by atoms with Crippen molar-refractivity contribution in [2.24, 2.45) is 0 Å². The maximum atomic E-state index is 12.9. The molecule has 0 unspecified atom stereocenters. The van der Waals surface area contributed by atoms with E-state index in [1.807, 2.05) is 0 Å². The van der Waals surface area contributed by atoms with Crippen LogP contribution in [0.3, 0.4) is 0 Å². The molecular formula is C11H6ClF2NS. The van der Waals surface area contributed by atoms with Crippen LogP contribution in [0.1, 0.15) is 0 Å². The first kappa shape index (κ1) is 11.4. The van der Waals surface area contributed by atoms with E-state index in [9.17, 15) is 8.78 Å². The van der Waals surface area contributed by atoms with Gasteiger partial charge in [-0.3, -0.25) is 0 Å². The Kier molecular flexibility index (Phi) is 3.41. The number of rotatable bonds is 2. The van der Waals surface area contributed by atoms with Gasteiger partial charge in [-0.05, 0) is 30.3 Å². The summed E-state index contributed by atoms with van der Waals surface area (Å²) in [6.07, 6.45) is 1.56. The van der Waals surface area contributed by atoms with Gasteiger partial charge in [0.1, 0.15) is 5.15 Å². The highest BCUT2D eigenvalue weighted by molar-refractivity contribution is 7.99. The third kappa shape index (κ3) is 2.71. The van der Waals surface area contributed by atoms with Crippen molar-refractivity contribution in [2.45, 2.75) is 9.79 Å². The van der Waals surface area contributed by atoms with Crippen LogP contribution < -0.4 is 0 Å². The van der Waals surface area contributed by atoms with Crippen molar-refractivity contribution in [2.75, 3.05) is 0 Å². The maximum absolute atomic E-state index is 12.9. The van der Waals surface area contributed by atoms with Gasteiger partial charge in [0.05, 0.1) is 0 Å². The number of pyridine rings is 1. The summed E-state index contributed by atoms with van der Waals surface area (Å²) in [7, 11) is 0. The lowest BCUT2D eigenvalue weighted by atomic mass is 10.3. The van der Waals surface area contributed by atoms with Crippen molar-refractivity contribution in [3.63, 3.8) is 0 Å². The Balaban J connectivity index is 2.24. The first-order chi connectivity index (χ1) is 7.65. The van der Waals surface area contributed by atoms with Gasteiger partial charge in [-0.2, -0.15) is 0 Å². The molecular weight excluding hydrogens is 252 g/mol. The van der Waals surface area contributed by atoms with Gasteiger partial charge in [0.25, 0.3) is 0 Å².